The number of carbonyl (C=O) groups is 1. The quantitative estimate of drug-likeness (QED) is 0.930. The van der Waals surface area contributed by atoms with Crippen molar-refractivity contribution in [2.45, 2.75) is 63.5 Å². The van der Waals surface area contributed by atoms with Gasteiger partial charge in [-0.2, -0.15) is 5.10 Å². The Morgan fingerprint density at radius 2 is 2.09 bits per heavy atom. The van der Waals surface area contributed by atoms with Crippen LogP contribution in [0.5, 0.6) is 0 Å². The highest BCUT2D eigenvalue weighted by molar-refractivity contribution is 5.75. The first kappa shape index (κ1) is 14.1. The molecule has 4 rings (SSSR count). The molecule has 1 aromatic rings. The maximum Gasteiger partial charge on any atom is 0.317 e. The van der Waals surface area contributed by atoms with Gasteiger partial charge in [-0.15, -0.1) is 0 Å². The van der Waals surface area contributed by atoms with Gasteiger partial charge in [0.25, 0.3) is 0 Å². The molecule has 120 valence electrons. The SMILES string of the molecule is Cn1ncc(C2CC2)c1CNC(=O)N1CCCC1C1CCC1. The van der Waals surface area contributed by atoms with E-state index in [0.29, 0.717) is 18.5 Å². The van der Waals surface area contributed by atoms with Crippen molar-refractivity contribution in [3.05, 3.63) is 17.5 Å². The number of amides is 2. The molecule has 22 heavy (non-hydrogen) atoms. The summed E-state index contributed by atoms with van der Waals surface area (Å²) in [7, 11) is 1.97. The number of likely N-dealkylation sites (tertiary alicyclic amines) is 1. The number of carbonyl (C=O) groups excluding carboxylic acids is 1. The average molecular weight is 302 g/mol. The highest BCUT2D eigenvalue weighted by Gasteiger charge is 2.37. The lowest BCUT2D eigenvalue weighted by molar-refractivity contribution is 0.139. The largest absolute Gasteiger partial charge is 0.332 e. The summed E-state index contributed by atoms with van der Waals surface area (Å²) in [5.41, 5.74) is 2.51. The first-order chi connectivity index (χ1) is 10.7. The van der Waals surface area contributed by atoms with Crippen molar-refractivity contribution in [3.63, 3.8) is 0 Å². The van der Waals surface area contributed by atoms with Crippen LogP contribution in [0.15, 0.2) is 6.20 Å². The molecule has 1 N–H and O–H groups in total. The van der Waals surface area contributed by atoms with Crippen LogP contribution in [0.1, 0.15) is 62.1 Å². The second-order valence-electron chi connectivity index (χ2n) is 7.20. The van der Waals surface area contributed by atoms with E-state index in [1.54, 1.807) is 0 Å². The van der Waals surface area contributed by atoms with Crippen molar-refractivity contribution >= 4 is 6.03 Å². The molecule has 2 heterocycles. The first-order valence-electron chi connectivity index (χ1n) is 8.79. The van der Waals surface area contributed by atoms with Gasteiger partial charge >= 0.3 is 6.03 Å². The average Bonchev–Trinajstić information content (AvgIpc) is 3.07. The molecular weight excluding hydrogens is 276 g/mol. The van der Waals surface area contributed by atoms with E-state index in [9.17, 15) is 4.79 Å². The Morgan fingerprint density at radius 1 is 1.27 bits per heavy atom. The maximum atomic E-state index is 12.6. The number of nitrogens with zero attached hydrogens (tertiary/aromatic N) is 3. The van der Waals surface area contributed by atoms with Gasteiger partial charge in [0.1, 0.15) is 0 Å². The molecule has 0 spiro atoms. The van der Waals surface area contributed by atoms with Gasteiger partial charge in [0, 0.05) is 19.6 Å². The van der Waals surface area contributed by atoms with Gasteiger partial charge in [-0.25, -0.2) is 4.79 Å². The molecule has 0 bridgehead atoms. The highest BCUT2D eigenvalue weighted by atomic mass is 16.2. The third-order valence-electron chi connectivity index (χ3n) is 5.77. The smallest absolute Gasteiger partial charge is 0.317 e. The van der Waals surface area contributed by atoms with Crippen LogP contribution in [0.25, 0.3) is 0 Å². The number of nitrogens with one attached hydrogen (secondary N) is 1. The third kappa shape index (κ3) is 2.50. The minimum Gasteiger partial charge on any atom is -0.332 e. The predicted molar refractivity (Wildman–Crippen MR) is 84.5 cm³/mol. The lowest BCUT2D eigenvalue weighted by Gasteiger charge is -2.37. The molecule has 2 aliphatic carbocycles. The highest BCUT2D eigenvalue weighted by Crippen LogP contribution is 2.41. The predicted octanol–water partition coefficient (Wildman–Crippen LogP) is 2.77. The second-order valence-corrected chi connectivity index (χ2v) is 7.20. The van der Waals surface area contributed by atoms with Gasteiger partial charge in [-0.1, -0.05) is 6.42 Å². The van der Waals surface area contributed by atoms with Gasteiger partial charge < -0.3 is 10.2 Å². The summed E-state index contributed by atoms with van der Waals surface area (Å²) in [4.78, 5) is 14.7. The molecule has 0 radical (unpaired) electrons. The van der Waals surface area contributed by atoms with Crippen LogP contribution >= 0.6 is 0 Å². The van der Waals surface area contributed by atoms with Gasteiger partial charge in [0.05, 0.1) is 18.4 Å². The van der Waals surface area contributed by atoms with E-state index < -0.39 is 0 Å². The van der Waals surface area contributed by atoms with E-state index in [2.05, 4.69) is 15.3 Å². The van der Waals surface area contributed by atoms with Crippen LogP contribution < -0.4 is 5.32 Å². The molecule has 1 saturated heterocycles. The Hall–Kier alpha value is -1.52. The van der Waals surface area contributed by atoms with Crippen LogP contribution in [0.4, 0.5) is 4.79 Å². The van der Waals surface area contributed by atoms with Crippen molar-refractivity contribution < 1.29 is 4.79 Å². The number of aryl methyl sites for hydroxylation is 1. The van der Waals surface area contributed by atoms with Gasteiger partial charge in [0.15, 0.2) is 0 Å². The molecular formula is C17H26N4O. The van der Waals surface area contributed by atoms with Crippen molar-refractivity contribution in [1.82, 2.24) is 20.0 Å². The number of hydrogen-bond acceptors (Lipinski definition) is 2. The van der Waals surface area contributed by atoms with E-state index in [1.807, 2.05) is 17.9 Å². The minimum absolute atomic E-state index is 0.123. The van der Waals surface area contributed by atoms with Crippen molar-refractivity contribution in [2.24, 2.45) is 13.0 Å². The Kier molecular flexibility index (Phi) is 3.59. The fourth-order valence-electron chi connectivity index (χ4n) is 4.05. The van der Waals surface area contributed by atoms with Crippen molar-refractivity contribution in [1.29, 1.82) is 0 Å². The Balaban J connectivity index is 1.39. The summed E-state index contributed by atoms with van der Waals surface area (Å²) < 4.78 is 1.92. The molecule has 3 fully saturated rings. The van der Waals surface area contributed by atoms with E-state index in [-0.39, 0.29) is 6.03 Å². The van der Waals surface area contributed by atoms with Gasteiger partial charge in [-0.3, -0.25) is 4.68 Å². The lowest BCUT2D eigenvalue weighted by Crippen LogP contribution is -2.47. The topological polar surface area (TPSA) is 50.2 Å². The minimum atomic E-state index is 0.123. The molecule has 1 aliphatic heterocycles. The van der Waals surface area contributed by atoms with Crippen LogP contribution in [-0.4, -0.2) is 33.3 Å². The molecule has 1 atom stereocenters. The van der Waals surface area contributed by atoms with E-state index in [1.165, 1.54) is 49.8 Å². The first-order valence-corrected chi connectivity index (χ1v) is 8.79. The van der Waals surface area contributed by atoms with Crippen molar-refractivity contribution in [2.75, 3.05) is 6.54 Å². The fraction of sp³-hybridized carbons (Fsp3) is 0.765. The zero-order chi connectivity index (χ0) is 15.1. The van der Waals surface area contributed by atoms with E-state index in [4.69, 9.17) is 0 Å². The number of aromatic nitrogens is 2. The maximum absolute atomic E-state index is 12.6. The summed E-state index contributed by atoms with van der Waals surface area (Å²) in [6, 6.07) is 0.612. The van der Waals surface area contributed by atoms with E-state index in [0.717, 1.165) is 18.9 Å². The lowest BCUT2D eigenvalue weighted by atomic mass is 9.79. The van der Waals surface area contributed by atoms with Crippen LogP contribution in [-0.2, 0) is 13.6 Å². The summed E-state index contributed by atoms with van der Waals surface area (Å²) in [6.45, 7) is 1.53. The summed E-state index contributed by atoms with van der Waals surface area (Å²) in [5.74, 6) is 1.43. The normalized spacial score (nSPS) is 25.3. The number of urea groups is 1. The summed E-state index contributed by atoms with van der Waals surface area (Å²) in [6.07, 6.45) is 10.8. The molecule has 5 nitrogen and oxygen atoms in total. The molecule has 2 saturated carbocycles. The number of hydrogen-bond donors (Lipinski definition) is 1. The van der Waals surface area contributed by atoms with E-state index >= 15 is 0 Å². The molecule has 5 heteroatoms. The Bertz CT molecular complexity index is 559. The Labute approximate surface area is 132 Å². The van der Waals surface area contributed by atoms with Gasteiger partial charge in [-0.05, 0) is 55.9 Å². The monoisotopic (exact) mass is 302 g/mol. The van der Waals surface area contributed by atoms with Crippen LogP contribution in [0.3, 0.4) is 0 Å². The molecule has 2 amide bonds. The summed E-state index contributed by atoms with van der Waals surface area (Å²) >= 11 is 0. The van der Waals surface area contributed by atoms with Crippen LogP contribution in [0, 0.1) is 5.92 Å². The molecule has 1 unspecified atom stereocenters. The standard InChI is InChI=1S/C17H26N4O/c1-20-16(14(10-19-20)12-7-8-12)11-18-17(22)21-9-3-6-15(21)13-4-2-5-13/h10,12-13,15H,2-9,11H2,1H3,(H,18,22). The molecule has 0 aromatic carbocycles. The Morgan fingerprint density at radius 3 is 2.77 bits per heavy atom. The zero-order valence-electron chi connectivity index (χ0n) is 13.4. The van der Waals surface area contributed by atoms with Gasteiger partial charge in [0.2, 0.25) is 0 Å². The number of rotatable bonds is 4. The third-order valence-corrected chi connectivity index (χ3v) is 5.77. The molecule has 3 aliphatic rings. The fourth-order valence-corrected chi connectivity index (χ4v) is 4.05. The zero-order valence-corrected chi connectivity index (χ0v) is 13.4. The second kappa shape index (κ2) is 5.60. The van der Waals surface area contributed by atoms with Crippen molar-refractivity contribution in [3.8, 4) is 0 Å². The van der Waals surface area contributed by atoms with Crippen LogP contribution in [0.2, 0.25) is 0 Å². The summed E-state index contributed by atoms with van der Waals surface area (Å²) in [5, 5.41) is 7.52. The molecule has 1 aromatic heterocycles.